The van der Waals surface area contributed by atoms with E-state index in [0.717, 1.165) is 64.0 Å². The predicted octanol–water partition coefficient (Wildman–Crippen LogP) is 5.51. The zero-order valence-electron chi connectivity index (χ0n) is 21.2. The van der Waals surface area contributed by atoms with Crippen molar-refractivity contribution in [2.24, 2.45) is 0 Å². The van der Waals surface area contributed by atoms with Gasteiger partial charge >= 0.3 is 6.03 Å². The van der Waals surface area contributed by atoms with Crippen LogP contribution in [0.1, 0.15) is 54.4 Å². The van der Waals surface area contributed by atoms with Crippen LogP contribution in [0, 0.1) is 0 Å². The number of likely N-dealkylation sites (tertiary alicyclic amines) is 1. The third-order valence-electron chi connectivity index (χ3n) is 7.74. The molecular weight excluding hydrogens is 495 g/mol. The van der Waals surface area contributed by atoms with E-state index in [4.69, 9.17) is 23.2 Å². The second-order valence-electron chi connectivity index (χ2n) is 10.3. The lowest BCUT2D eigenvalue weighted by molar-refractivity contribution is 0.0491. The summed E-state index contributed by atoms with van der Waals surface area (Å²) in [7, 11) is 1.86. The number of benzene rings is 2. The van der Waals surface area contributed by atoms with Crippen LogP contribution in [0.15, 0.2) is 48.5 Å². The van der Waals surface area contributed by atoms with E-state index in [-0.39, 0.29) is 23.4 Å². The maximum absolute atomic E-state index is 13.0. The molecule has 1 N–H and O–H groups in total. The van der Waals surface area contributed by atoms with E-state index in [2.05, 4.69) is 17.1 Å². The van der Waals surface area contributed by atoms with E-state index in [1.54, 1.807) is 4.90 Å². The van der Waals surface area contributed by atoms with Gasteiger partial charge in [0.15, 0.2) is 0 Å². The molecule has 2 aliphatic heterocycles. The highest BCUT2D eigenvalue weighted by Gasteiger charge is 2.39. The van der Waals surface area contributed by atoms with Crippen LogP contribution in [-0.4, -0.2) is 78.5 Å². The first kappa shape index (κ1) is 26.8. The van der Waals surface area contributed by atoms with Gasteiger partial charge in [-0.3, -0.25) is 4.79 Å². The van der Waals surface area contributed by atoms with E-state index in [1.165, 1.54) is 0 Å². The molecule has 8 heteroatoms. The Kier molecular flexibility index (Phi) is 8.81. The number of nitrogens with one attached hydrogen (secondary N) is 1. The molecule has 2 aromatic rings. The van der Waals surface area contributed by atoms with Crippen molar-refractivity contribution in [2.45, 2.75) is 44.1 Å². The summed E-state index contributed by atoms with van der Waals surface area (Å²) in [5, 5.41) is 4.06. The van der Waals surface area contributed by atoms with Gasteiger partial charge in [0.05, 0.1) is 10.0 Å². The summed E-state index contributed by atoms with van der Waals surface area (Å²) in [6.45, 7) is 7.24. The first-order chi connectivity index (χ1) is 17.3. The molecule has 2 heterocycles. The van der Waals surface area contributed by atoms with Crippen molar-refractivity contribution >= 4 is 35.1 Å². The summed E-state index contributed by atoms with van der Waals surface area (Å²) >= 11 is 12.5. The summed E-state index contributed by atoms with van der Waals surface area (Å²) < 4.78 is 0. The number of nitrogens with zero attached hydrogens (tertiary/aromatic N) is 3. The van der Waals surface area contributed by atoms with Crippen LogP contribution in [0.3, 0.4) is 0 Å². The standard InChI is InChI=1S/C28H36Cl2N4O2/c1-28(34-15-6-14-31-27(34)36)12-17-33(18-13-28)16-11-23(22-9-10-24(29)25(30)19-22)20-32(2)26(35)21-7-4-3-5-8-21/h3-5,7-10,19,23H,6,11-18,20H2,1-2H3,(H,31,36)/t23-/m1/s1. The number of carbonyl (C=O) groups is 2. The summed E-state index contributed by atoms with van der Waals surface area (Å²) in [6.07, 6.45) is 3.82. The highest BCUT2D eigenvalue weighted by atomic mass is 35.5. The molecule has 0 saturated carbocycles. The highest BCUT2D eigenvalue weighted by Crippen LogP contribution is 2.32. The van der Waals surface area contributed by atoms with E-state index in [1.807, 2.05) is 60.5 Å². The molecule has 194 valence electrons. The average Bonchev–Trinajstić information content (AvgIpc) is 2.89. The Hall–Kier alpha value is -2.28. The first-order valence-corrected chi connectivity index (χ1v) is 13.6. The molecule has 0 unspecified atom stereocenters. The molecule has 2 aliphatic rings. The Labute approximate surface area is 224 Å². The number of amides is 3. The fourth-order valence-electron chi connectivity index (χ4n) is 5.36. The fourth-order valence-corrected chi connectivity index (χ4v) is 5.66. The SMILES string of the molecule is CN(C[C@@H](CCN1CCC(C)(N2CCCNC2=O)CC1)c1ccc(Cl)c(Cl)c1)C(=O)c1ccccc1. The van der Waals surface area contributed by atoms with Crippen molar-refractivity contribution < 1.29 is 9.59 Å². The van der Waals surface area contributed by atoms with Crippen LogP contribution in [0.4, 0.5) is 4.79 Å². The summed E-state index contributed by atoms with van der Waals surface area (Å²) in [5.74, 6) is 0.132. The maximum Gasteiger partial charge on any atom is 0.317 e. The Morgan fingerprint density at radius 2 is 1.81 bits per heavy atom. The molecule has 0 bridgehead atoms. The summed E-state index contributed by atoms with van der Waals surface area (Å²) in [6, 6.07) is 15.2. The molecule has 1 atom stereocenters. The molecule has 0 radical (unpaired) electrons. The second-order valence-corrected chi connectivity index (χ2v) is 11.1. The lowest BCUT2D eigenvalue weighted by Crippen LogP contribution is -2.60. The van der Waals surface area contributed by atoms with Crippen molar-refractivity contribution in [3.8, 4) is 0 Å². The number of rotatable bonds is 8. The monoisotopic (exact) mass is 530 g/mol. The zero-order valence-corrected chi connectivity index (χ0v) is 22.7. The van der Waals surface area contributed by atoms with E-state index in [9.17, 15) is 9.59 Å². The molecule has 2 fully saturated rings. The molecule has 2 saturated heterocycles. The van der Waals surface area contributed by atoms with Gasteiger partial charge in [-0.1, -0.05) is 47.5 Å². The lowest BCUT2D eigenvalue weighted by atomic mass is 9.86. The van der Waals surface area contributed by atoms with Gasteiger partial charge in [-0.05, 0) is 69.0 Å². The smallest absolute Gasteiger partial charge is 0.317 e. The normalized spacial score (nSPS) is 19.0. The van der Waals surface area contributed by atoms with Gasteiger partial charge in [0.1, 0.15) is 0 Å². The van der Waals surface area contributed by atoms with Crippen LogP contribution in [-0.2, 0) is 0 Å². The lowest BCUT2D eigenvalue weighted by Gasteiger charge is -2.48. The molecule has 2 aromatic carbocycles. The minimum Gasteiger partial charge on any atom is -0.341 e. The molecule has 3 amide bonds. The molecule has 36 heavy (non-hydrogen) atoms. The Balaban J connectivity index is 1.40. The van der Waals surface area contributed by atoms with Gasteiger partial charge in [0, 0.05) is 56.8 Å². The molecule has 0 spiro atoms. The Morgan fingerprint density at radius 3 is 2.47 bits per heavy atom. The number of hydrogen-bond acceptors (Lipinski definition) is 3. The summed E-state index contributed by atoms with van der Waals surface area (Å²) in [4.78, 5) is 31.7. The average molecular weight is 532 g/mol. The van der Waals surface area contributed by atoms with Gasteiger partial charge < -0.3 is 20.0 Å². The molecule has 0 aromatic heterocycles. The number of carbonyl (C=O) groups excluding carboxylic acids is 2. The van der Waals surface area contributed by atoms with Crippen molar-refractivity contribution in [1.82, 2.24) is 20.0 Å². The van der Waals surface area contributed by atoms with Gasteiger partial charge in [0.25, 0.3) is 5.91 Å². The quantitative estimate of drug-likeness (QED) is 0.489. The number of halogens is 2. The van der Waals surface area contributed by atoms with Gasteiger partial charge in [-0.2, -0.15) is 0 Å². The third kappa shape index (κ3) is 6.34. The largest absolute Gasteiger partial charge is 0.341 e. The number of piperidine rings is 1. The minimum absolute atomic E-state index is 0.00853. The van der Waals surface area contributed by atoms with Crippen molar-refractivity contribution in [3.05, 3.63) is 69.7 Å². The number of hydrogen-bond donors (Lipinski definition) is 1. The van der Waals surface area contributed by atoms with E-state index in [0.29, 0.717) is 22.2 Å². The van der Waals surface area contributed by atoms with E-state index < -0.39 is 0 Å². The topological polar surface area (TPSA) is 55.9 Å². The van der Waals surface area contributed by atoms with Crippen LogP contribution < -0.4 is 5.32 Å². The second kappa shape index (κ2) is 11.8. The van der Waals surface area contributed by atoms with E-state index >= 15 is 0 Å². The van der Waals surface area contributed by atoms with Crippen molar-refractivity contribution in [1.29, 1.82) is 0 Å². The molecular formula is C28H36Cl2N4O2. The fraction of sp³-hybridized carbons (Fsp3) is 0.500. The molecule has 6 nitrogen and oxygen atoms in total. The number of likely N-dealkylation sites (N-methyl/N-ethyl adjacent to an activating group) is 1. The molecule has 0 aliphatic carbocycles. The third-order valence-corrected chi connectivity index (χ3v) is 8.47. The van der Waals surface area contributed by atoms with Crippen molar-refractivity contribution in [2.75, 3.05) is 46.3 Å². The van der Waals surface area contributed by atoms with Gasteiger partial charge in [-0.25, -0.2) is 4.79 Å². The van der Waals surface area contributed by atoms with Gasteiger partial charge in [-0.15, -0.1) is 0 Å². The van der Waals surface area contributed by atoms with Gasteiger partial charge in [0.2, 0.25) is 0 Å². The summed E-state index contributed by atoms with van der Waals surface area (Å²) in [5.41, 5.74) is 1.68. The molecule has 4 rings (SSSR count). The maximum atomic E-state index is 13.0. The van der Waals surface area contributed by atoms with Crippen LogP contribution in [0.25, 0.3) is 0 Å². The van der Waals surface area contributed by atoms with Crippen molar-refractivity contribution in [3.63, 3.8) is 0 Å². The zero-order chi connectivity index (χ0) is 25.7. The first-order valence-electron chi connectivity index (χ1n) is 12.8. The van der Waals surface area contributed by atoms with Crippen LogP contribution in [0.5, 0.6) is 0 Å². The number of urea groups is 1. The Morgan fingerprint density at radius 1 is 1.08 bits per heavy atom. The minimum atomic E-state index is -0.0908. The van der Waals surface area contributed by atoms with Crippen LogP contribution >= 0.6 is 23.2 Å². The highest BCUT2D eigenvalue weighted by molar-refractivity contribution is 6.42. The van der Waals surface area contributed by atoms with Crippen LogP contribution in [0.2, 0.25) is 10.0 Å². The Bertz CT molecular complexity index is 1060. The predicted molar refractivity (Wildman–Crippen MR) is 146 cm³/mol.